The van der Waals surface area contributed by atoms with E-state index in [2.05, 4.69) is 11.2 Å². The number of allylic oxidation sites excluding steroid dienone is 3. The summed E-state index contributed by atoms with van der Waals surface area (Å²) in [5, 5.41) is 24.9. The molecule has 0 spiro atoms. The van der Waals surface area contributed by atoms with Crippen LogP contribution in [0.15, 0.2) is 35.5 Å². The second-order valence-corrected chi connectivity index (χ2v) is 6.68. The molecule has 28 heavy (non-hydrogen) atoms. The minimum Gasteiger partial charge on any atom is -0.508 e. The fourth-order valence-corrected chi connectivity index (χ4v) is 3.12. The third kappa shape index (κ3) is 5.62. The number of carbonyl (C=O) groups is 1. The Morgan fingerprint density at radius 2 is 1.93 bits per heavy atom. The first-order valence-corrected chi connectivity index (χ1v) is 9.75. The highest BCUT2D eigenvalue weighted by atomic mass is 16.6. The first-order chi connectivity index (χ1) is 13.5. The summed E-state index contributed by atoms with van der Waals surface area (Å²) in [5.41, 5.74) is 1.76. The van der Waals surface area contributed by atoms with E-state index in [1.165, 1.54) is 6.07 Å². The summed E-state index contributed by atoms with van der Waals surface area (Å²) in [6.07, 6.45) is 10.6. The zero-order chi connectivity index (χ0) is 20.5. The molecular formula is C22H29NO5. The maximum atomic E-state index is 12.8. The number of fused-ring (bicyclic) bond motifs is 1. The molecule has 152 valence electrons. The highest BCUT2D eigenvalue weighted by Gasteiger charge is 2.25. The van der Waals surface area contributed by atoms with Crippen molar-refractivity contribution in [3.63, 3.8) is 0 Å². The van der Waals surface area contributed by atoms with Crippen LogP contribution in [0.4, 0.5) is 0 Å². The van der Waals surface area contributed by atoms with Gasteiger partial charge in [0.15, 0.2) is 0 Å². The van der Waals surface area contributed by atoms with Gasteiger partial charge in [0, 0.05) is 18.9 Å². The predicted octanol–water partition coefficient (Wildman–Crippen LogP) is 4.44. The van der Waals surface area contributed by atoms with Crippen molar-refractivity contribution in [2.24, 2.45) is 5.16 Å². The van der Waals surface area contributed by atoms with Crippen LogP contribution in [0.5, 0.6) is 11.5 Å². The third-order valence-electron chi connectivity index (χ3n) is 4.48. The molecule has 0 unspecified atom stereocenters. The summed E-state index contributed by atoms with van der Waals surface area (Å²) < 4.78 is 5.54. The van der Waals surface area contributed by atoms with Gasteiger partial charge < -0.3 is 19.8 Å². The van der Waals surface area contributed by atoms with E-state index in [0.717, 1.165) is 12.8 Å². The van der Waals surface area contributed by atoms with Crippen LogP contribution in [0.2, 0.25) is 0 Å². The van der Waals surface area contributed by atoms with Gasteiger partial charge in [-0.15, -0.1) is 0 Å². The maximum absolute atomic E-state index is 12.8. The molecule has 1 aromatic rings. The number of phenols is 2. The van der Waals surface area contributed by atoms with Crippen LogP contribution >= 0.6 is 0 Å². The van der Waals surface area contributed by atoms with E-state index >= 15 is 0 Å². The van der Waals surface area contributed by atoms with Crippen molar-refractivity contribution in [3.8, 4) is 11.5 Å². The summed E-state index contributed by atoms with van der Waals surface area (Å²) >= 11 is 0. The molecule has 0 radical (unpaired) electrons. The van der Waals surface area contributed by atoms with E-state index in [0.29, 0.717) is 36.3 Å². The molecule has 6 heteroatoms. The standard InChI is InChI=1S/C22H29NO5/c1-4-17-18-13-16(23-27-5-2)12-10-8-6-7-9-11-15(3)28-22(26)21(18)20(25)14-19(17)24/h7,9-10,12,14-15,24-25H,4-6,8,11,13H2,1-3H3/b9-7+,12-10+,23-16-/t15-/m1/s1. The molecule has 1 aliphatic heterocycles. The summed E-state index contributed by atoms with van der Waals surface area (Å²) in [4.78, 5) is 18.0. The lowest BCUT2D eigenvalue weighted by Crippen LogP contribution is -2.18. The molecule has 0 aliphatic carbocycles. The second kappa shape index (κ2) is 10.5. The molecule has 0 aromatic heterocycles. The molecule has 1 aromatic carbocycles. The number of ether oxygens (including phenoxy) is 1. The molecule has 0 saturated carbocycles. The van der Waals surface area contributed by atoms with Gasteiger partial charge in [-0.3, -0.25) is 0 Å². The molecule has 0 amide bonds. The fourth-order valence-electron chi connectivity index (χ4n) is 3.12. The molecule has 1 heterocycles. The number of benzene rings is 1. The molecule has 1 aliphatic rings. The van der Waals surface area contributed by atoms with Crippen LogP contribution in [0.1, 0.15) is 61.5 Å². The minimum absolute atomic E-state index is 0.0524. The van der Waals surface area contributed by atoms with Crippen LogP contribution in [0, 0.1) is 0 Å². The highest BCUT2D eigenvalue weighted by Crippen LogP contribution is 2.34. The number of phenolic OH excluding ortho intramolecular Hbond substituents is 2. The van der Waals surface area contributed by atoms with Gasteiger partial charge in [-0.25, -0.2) is 4.79 Å². The SMILES string of the molecule is CCO/N=C1/C=C/CC/C=C/C[C@@H](C)OC(=O)c2c(O)cc(O)c(CC)c2C1. The molecular weight excluding hydrogens is 358 g/mol. The average Bonchev–Trinajstić information content (AvgIpc) is 2.64. The number of carbonyl (C=O) groups excluding carboxylic acids is 1. The van der Waals surface area contributed by atoms with Crippen molar-refractivity contribution in [1.82, 2.24) is 0 Å². The summed E-state index contributed by atoms with van der Waals surface area (Å²) in [5.74, 6) is -0.965. The number of rotatable bonds is 3. The van der Waals surface area contributed by atoms with Crippen molar-refractivity contribution >= 4 is 11.7 Å². The number of aromatic hydroxyl groups is 2. The normalized spacial score (nSPS) is 22.0. The Labute approximate surface area is 166 Å². The van der Waals surface area contributed by atoms with Gasteiger partial charge in [-0.05, 0) is 50.3 Å². The minimum atomic E-state index is -0.611. The van der Waals surface area contributed by atoms with Crippen molar-refractivity contribution in [2.75, 3.05) is 6.61 Å². The van der Waals surface area contributed by atoms with Gasteiger partial charge in [0.25, 0.3) is 0 Å². The lowest BCUT2D eigenvalue weighted by molar-refractivity contribution is 0.0343. The quantitative estimate of drug-likeness (QED) is 0.455. The molecule has 0 fully saturated rings. The average molecular weight is 387 g/mol. The van der Waals surface area contributed by atoms with Crippen LogP contribution in [-0.4, -0.2) is 34.6 Å². The van der Waals surface area contributed by atoms with E-state index < -0.39 is 5.97 Å². The Hall–Kier alpha value is -2.76. The van der Waals surface area contributed by atoms with Crippen molar-refractivity contribution in [1.29, 1.82) is 0 Å². The van der Waals surface area contributed by atoms with Gasteiger partial charge in [0.1, 0.15) is 29.8 Å². The monoisotopic (exact) mass is 387 g/mol. The van der Waals surface area contributed by atoms with Gasteiger partial charge >= 0.3 is 5.97 Å². The van der Waals surface area contributed by atoms with Crippen LogP contribution in [0.25, 0.3) is 0 Å². The van der Waals surface area contributed by atoms with Crippen molar-refractivity contribution in [2.45, 2.75) is 59.0 Å². The van der Waals surface area contributed by atoms with E-state index in [1.54, 1.807) is 0 Å². The van der Waals surface area contributed by atoms with E-state index in [4.69, 9.17) is 9.57 Å². The van der Waals surface area contributed by atoms with Crippen LogP contribution in [-0.2, 0) is 22.4 Å². The van der Waals surface area contributed by atoms with Gasteiger partial charge in [0.05, 0.1) is 5.71 Å². The first-order valence-electron chi connectivity index (χ1n) is 9.75. The third-order valence-corrected chi connectivity index (χ3v) is 4.48. The van der Waals surface area contributed by atoms with E-state index in [1.807, 2.05) is 39.0 Å². The first kappa shape index (κ1) is 21.5. The lowest BCUT2D eigenvalue weighted by atomic mass is 9.92. The number of cyclic esters (lactones) is 1. The van der Waals surface area contributed by atoms with Gasteiger partial charge in [-0.1, -0.05) is 30.3 Å². The predicted molar refractivity (Wildman–Crippen MR) is 109 cm³/mol. The largest absolute Gasteiger partial charge is 0.508 e. The number of esters is 1. The Bertz CT molecular complexity index is 780. The Kier molecular flexibility index (Phi) is 8.11. The Morgan fingerprint density at radius 1 is 1.18 bits per heavy atom. The second-order valence-electron chi connectivity index (χ2n) is 6.68. The van der Waals surface area contributed by atoms with Crippen molar-refractivity contribution < 1.29 is 24.6 Å². The lowest BCUT2D eigenvalue weighted by Gasteiger charge is -2.18. The number of oxime groups is 1. The molecule has 6 nitrogen and oxygen atoms in total. The van der Waals surface area contributed by atoms with Crippen LogP contribution < -0.4 is 0 Å². The van der Waals surface area contributed by atoms with E-state index in [9.17, 15) is 15.0 Å². The fraction of sp³-hybridized carbons (Fsp3) is 0.455. The Balaban J connectivity index is 2.59. The van der Waals surface area contributed by atoms with Gasteiger partial charge in [-0.2, -0.15) is 0 Å². The highest BCUT2D eigenvalue weighted by molar-refractivity contribution is 6.01. The Morgan fingerprint density at radius 3 is 2.64 bits per heavy atom. The zero-order valence-corrected chi connectivity index (χ0v) is 16.8. The molecule has 2 rings (SSSR count). The number of hydrogen-bond donors (Lipinski definition) is 2. The summed E-state index contributed by atoms with van der Waals surface area (Å²) in [6.45, 7) is 5.95. The molecule has 0 saturated heterocycles. The van der Waals surface area contributed by atoms with Crippen molar-refractivity contribution in [3.05, 3.63) is 47.1 Å². The van der Waals surface area contributed by atoms with Gasteiger partial charge in [0.2, 0.25) is 0 Å². The summed E-state index contributed by atoms with van der Waals surface area (Å²) in [6, 6.07) is 1.20. The zero-order valence-electron chi connectivity index (χ0n) is 16.8. The van der Waals surface area contributed by atoms with E-state index in [-0.39, 0.29) is 29.6 Å². The molecule has 0 bridgehead atoms. The maximum Gasteiger partial charge on any atom is 0.342 e. The summed E-state index contributed by atoms with van der Waals surface area (Å²) in [7, 11) is 0. The topological polar surface area (TPSA) is 88.4 Å². The number of nitrogens with zero attached hydrogens (tertiary/aromatic N) is 1. The smallest absolute Gasteiger partial charge is 0.342 e. The molecule has 2 N–H and O–H groups in total. The number of hydrogen-bond acceptors (Lipinski definition) is 6. The van der Waals surface area contributed by atoms with Crippen LogP contribution in [0.3, 0.4) is 0 Å². The molecule has 1 atom stereocenters.